The highest BCUT2D eigenvalue weighted by atomic mass is 32.1. The first-order chi connectivity index (χ1) is 12.0. The summed E-state index contributed by atoms with van der Waals surface area (Å²) in [6.07, 6.45) is 4.22. The number of aryl methyl sites for hydroxylation is 1. The van der Waals surface area contributed by atoms with Crippen LogP contribution in [0.25, 0.3) is 0 Å². The SMILES string of the molecule is CCCc1cc(C(=O)OC)c(NC(=O)[C@@H]2[C@H]3CC[C@@H](C3)[C@H]2C(=O)[O-])s1. The fourth-order valence-corrected chi connectivity index (χ4v) is 5.52. The van der Waals surface area contributed by atoms with Gasteiger partial charge in [0, 0.05) is 22.7 Å². The molecule has 2 aliphatic carbocycles. The van der Waals surface area contributed by atoms with E-state index in [-0.39, 0.29) is 17.7 Å². The van der Waals surface area contributed by atoms with Crippen LogP contribution in [0, 0.1) is 23.7 Å². The molecule has 136 valence electrons. The lowest BCUT2D eigenvalue weighted by Gasteiger charge is -2.30. The molecule has 0 aliphatic heterocycles. The van der Waals surface area contributed by atoms with Crippen molar-refractivity contribution in [3.05, 3.63) is 16.5 Å². The average molecular weight is 364 g/mol. The second-order valence-corrected chi connectivity index (χ2v) is 8.03. The van der Waals surface area contributed by atoms with Gasteiger partial charge in [-0.15, -0.1) is 11.3 Å². The quantitative estimate of drug-likeness (QED) is 0.777. The maximum Gasteiger partial charge on any atom is 0.340 e. The van der Waals surface area contributed by atoms with Gasteiger partial charge < -0.3 is 20.0 Å². The number of fused-ring (bicyclic) bond motifs is 2. The molecule has 0 unspecified atom stereocenters. The van der Waals surface area contributed by atoms with Crippen LogP contribution in [0.5, 0.6) is 0 Å². The summed E-state index contributed by atoms with van der Waals surface area (Å²) in [6, 6.07) is 1.74. The lowest BCUT2D eigenvalue weighted by molar-refractivity contribution is -0.314. The Balaban J connectivity index is 1.83. The van der Waals surface area contributed by atoms with Crippen LogP contribution in [-0.2, 0) is 20.7 Å². The van der Waals surface area contributed by atoms with Gasteiger partial charge in [-0.25, -0.2) is 4.79 Å². The van der Waals surface area contributed by atoms with E-state index in [1.54, 1.807) is 6.07 Å². The van der Waals surface area contributed by atoms with E-state index in [2.05, 4.69) is 5.32 Å². The lowest BCUT2D eigenvalue weighted by atomic mass is 9.79. The maximum atomic E-state index is 12.8. The van der Waals surface area contributed by atoms with Gasteiger partial charge in [-0.3, -0.25) is 4.79 Å². The van der Waals surface area contributed by atoms with Gasteiger partial charge >= 0.3 is 5.97 Å². The summed E-state index contributed by atoms with van der Waals surface area (Å²) in [4.78, 5) is 37.3. The first-order valence-corrected chi connectivity index (χ1v) is 9.50. The van der Waals surface area contributed by atoms with Gasteiger partial charge in [0.15, 0.2) is 0 Å². The smallest absolute Gasteiger partial charge is 0.340 e. The second kappa shape index (κ2) is 7.15. The third kappa shape index (κ3) is 3.29. The third-order valence-corrected chi connectivity index (χ3v) is 6.52. The number of rotatable bonds is 6. The predicted octanol–water partition coefficient (Wildman–Crippen LogP) is 1.84. The van der Waals surface area contributed by atoms with E-state index in [1.165, 1.54) is 18.4 Å². The van der Waals surface area contributed by atoms with Gasteiger partial charge in [-0.2, -0.15) is 0 Å². The van der Waals surface area contributed by atoms with Crippen molar-refractivity contribution in [3.63, 3.8) is 0 Å². The molecule has 1 aromatic heterocycles. The van der Waals surface area contributed by atoms with Crippen LogP contribution in [0.2, 0.25) is 0 Å². The summed E-state index contributed by atoms with van der Waals surface area (Å²) in [7, 11) is 1.30. The van der Waals surface area contributed by atoms with Gasteiger partial charge in [0.05, 0.1) is 12.7 Å². The van der Waals surface area contributed by atoms with Crippen LogP contribution in [-0.4, -0.2) is 25.0 Å². The molecule has 2 aliphatic rings. The number of thiophene rings is 1. The Labute approximate surface area is 150 Å². The van der Waals surface area contributed by atoms with E-state index >= 15 is 0 Å². The number of methoxy groups -OCH3 is 1. The molecule has 0 spiro atoms. The van der Waals surface area contributed by atoms with Crippen LogP contribution >= 0.6 is 11.3 Å². The fraction of sp³-hybridized carbons (Fsp3) is 0.611. The number of hydrogen-bond acceptors (Lipinski definition) is 6. The molecule has 2 fully saturated rings. The number of nitrogens with one attached hydrogen (secondary N) is 1. The minimum Gasteiger partial charge on any atom is -0.550 e. The third-order valence-electron chi connectivity index (χ3n) is 5.41. The Hall–Kier alpha value is -1.89. The van der Waals surface area contributed by atoms with Crippen molar-refractivity contribution in [2.45, 2.75) is 39.0 Å². The Morgan fingerprint density at radius 3 is 2.56 bits per heavy atom. The predicted molar refractivity (Wildman–Crippen MR) is 91.1 cm³/mol. The van der Waals surface area contributed by atoms with Crippen molar-refractivity contribution >= 4 is 34.2 Å². The van der Waals surface area contributed by atoms with Gasteiger partial charge in [-0.05, 0) is 43.6 Å². The maximum absolute atomic E-state index is 12.8. The molecule has 0 aromatic carbocycles. The van der Waals surface area contributed by atoms with Crippen molar-refractivity contribution in [1.29, 1.82) is 0 Å². The molecule has 1 heterocycles. The number of anilines is 1. The van der Waals surface area contributed by atoms with E-state index in [9.17, 15) is 19.5 Å². The molecular formula is C18H22NO5S-. The normalized spacial score (nSPS) is 27.3. The average Bonchev–Trinajstić information content (AvgIpc) is 3.28. The summed E-state index contributed by atoms with van der Waals surface area (Å²) in [6.45, 7) is 2.04. The Morgan fingerprint density at radius 2 is 1.96 bits per heavy atom. The largest absolute Gasteiger partial charge is 0.550 e. The van der Waals surface area contributed by atoms with Crippen molar-refractivity contribution in [1.82, 2.24) is 0 Å². The molecule has 1 amide bonds. The number of hydrogen-bond donors (Lipinski definition) is 1. The monoisotopic (exact) mass is 364 g/mol. The summed E-state index contributed by atoms with van der Waals surface area (Å²) in [5.41, 5.74) is 0.331. The van der Waals surface area contributed by atoms with Gasteiger partial charge in [0.25, 0.3) is 0 Å². The van der Waals surface area contributed by atoms with Crippen LogP contribution in [0.3, 0.4) is 0 Å². The highest BCUT2D eigenvalue weighted by molar-refractivity contribution is 7.16. The summed E-state index contributed by atoms with van der Waals surface area (Å²) in [5, 5.41) is 14.8. The first-order valence-electron chi connectivity index (χ1n) is 8.69. The highest BCUT2D eigenvalue weighted by Gasteiger charge is 2.51. The van der Waals surface area contributed by atoms with E-state index in [0.29, 0.717) is 10.6 Å². The topological polar surface area (TPSA) is 95.5 Å². The van der Waals surface area contributed by atoms with Gasteiger partial charge in [0.2, 0.25) is 5.91 Å². The zero-order valence-corrected chi connectivity index (χ0v) is 15.2. The molecule has 7 heteroatoms. The van der Waals surface area contributed by atoms with Gasteiger partial charge in [-0.1, -0.05) is 13.3 Å². The molecule has 1 aromatic rings. The second-order valence-electron chi connectivity index (χ2n) is 6.89. The standard InChI is InChI=1S/C18H23NO5S/c1-3-4-11-8-12(18(23)24-2)16(25-11)19-15(20)13-9-5-6-10(7-9)14(13)17(21)22/h8-10,13-14H,3-7H2,1-2H3,(H,19,20)(H,21,22)/p-1/t9-,10-,13+,14+/m0/s1. The van der Waals surface area contributed by atoms with Crippen LogP contribution < -0.4 is 10.4 Å². The van der Waals surface area contributed by atoms with E-state index < -0.39 is 23.8 Å². The zero-order valence-electron chi connectivity index (χ0n) is 14.4. The zero-order chi connectivity index (χ0) is 18.1. The summed E-state index contributed by atoms with van der Waals surface area (Å²) in [5.74, 6) is -3.15. The van der Waals surface area contributed by atoms with Crippen molar-refractivity contribution < 1.29 is 24.2 Å². The summed E-state index contributed by atoms with van der Waals surface area (Å²) < 4.78 is 4.80. The highest BCUT2D eigenvalue weighted by Crippen LogP contribution is 2.52. The molecule has 3 rings (SSSR count). The molecule has 4 atom stereocenters. The Kier molecular flexibility index (Phi) is 5.13. The molecule has 2 bridgehead atoms. The fourth-order valence-electron chi connectivity index (χ4n) is 4.37. The van der Waals surface area contributed by atoms with Crippen molar-refractivity contribution in [2.24, 2.45) is 23.7 Å². The number of carbonyl (C=O) groups is 3. The van der Waals surface area contributed by atoms with Crippen molar-refractivity contribution in [2.75, 3.05) is 12.4 Å². The molecular weight excluding hydrogens is 342 g/mol. The van der Waals surface area contributed by atoms with Crippen molar-refractivity contribution in [3.8, 4) is 0 Å². The minimum absolute atomic E-state index is 0.0322. The Morgan fingerprint density at radius 1 is 1.28 bits per heavy atom. The number of carbonyl (C=O) groups excluding carboxylic acids is 3. The van der Waals surface area contributed by atoms with Crippen LogP contribution in [0.1, 0.15) is 47.8 Å². The minimum atomic E-state index is -1.14. The van der Waals surface area contributed by atoms with E-state index in [0.717, 1.165) is 37.0 Å². The van der Waals surface area contributed by atoms with E-state index in [1.807, 2.05) is 6.92 Å². The molecule has 2 saturated carbocycles. The number of carboxylic acids is 1. The van der Waals surface area contributed by atoms with E-state index in [4.69, 9.17) is 4.74 Å². The van der Waals surface area contributed by atoms with Gasteiger partial charge in [0.1, 0.15) is 5.00 Å². The number of carboxylic acid groups (broad SMARTS) is 1. The molecule has 1 N–H and O–H groups in total. The number of aliphatic carboxylic acids is 1. The molecule has 0 radical (unpaired) electrons. The molecule has 6 nitrogen and oxygen atoms in total. The van der Waals surface area contributed by atoms with Crippen LogP contribution in [0.15, 0.2) is 6.07 Å². The van der Waals surface area contributed by atoms with Crippen LogP contribution in [0.4, 0.5) is 5.00 Å². The number of ether oxygens (including phenoxy) is 1. The first kappa shape index (κ1) is 17.9. The Bertz CT molecular complexity index is 698. The number of amides is 1. The molecule has 25 heavy (non-hydrogen) atoms. The summed E-state index contributed by atoms with van der Waals surface area (Å²) >= 11 is 1.35. The number of esters is 1. The molecule has 0 saturated heterocycles. The lowest BCUT2D eigenvalue weighted by Crippen LogP contribution is -2.44.